The SMILES string of the molecule is COC(=O)c1cccc(NC(=O)C(=O)N(C)CC(F)(F)F)c1. The summed E-state index contributed by atoms with van der Waals surface area (Å²) in [6.07, 6.45) is -4.60. The molecule has 6 nitrogen and oxygen atoms in total. The van der Waals surface area contributed by atoms with Crippen molar-refractivity contribution in [1.82, 2.24) is 4.90 Å². The van der Waals surface area contributed by atoms with E-state index in [0.717, 1.165) is 7.05 Å². The fraction of sp³-hybridized carbons (Fsp3) is 0.308. The second-order valence-corrected chi connectivity index (χ2v) is 4.30. The summed E-state index contributed by atoms with van der Waals surface area (Å²) in [7, 11) is 2.03. The molecule has 0 bridgehead atoms. The van der Waals surface area contributed by atoms with Gasteiger partial charge in [-0.15, -0.1) is 0 Å². The second-order valence-electron chi connectivity index (χ2n) is 4.30. The van der Waals surface area contributed by atoms with Crippen LogP contribution in [0, 0.1) is 0 Å². The number of nitrogens with one attached hydrogen (secondary N) is 1. The Morgan fingerprint density at radius 2 is 1.91 bits per heavy atom. The van der Waals surface area contributed by atoms with Crippen LogP contribution < -0.4 is 5.32 Å². The quantitative estimate of drug-likeness (QED) is 0.676. The van der Waals surface area contributed by atoms with Crippen LogP contribution in [0.2, 0.25) is 0 Å². The number of carbonyl (C=O) groups excluding carboxylic acids is 3. The summed E-state index contributed by atoms with van der Waals surface area (Å²) < 4.78 is 41.0. The number of benzene rings is 1. The van der Waals surface area contributed by atoms with Crippen molar-refractivity contribution in [2.24, 2.45) is 0 Å². The Labute approximate surface area is 123 Å². The van der Waals surface area contributed by atoms with Crippen LogP contribution in [-0.4, -0.2) is 49.6 Å². The molecule has 0 saturated heterocycles. The van der Waals surface area contributed by atoms with Gasteiger partial charge in [0, 0.05) is 12.7 Å². The Morgan fingerprint density at radius 1 is 1.27 bits per heavy atom. The van der Waals surface area contributed by atoms with Crippen molar-refractivity contribution in [2.75, 3.05) is 26.0 Å². The van der Waals surface area contributed by atoms with Crippen LogP contribution in [0.3, 0.4) is 0 Å². The molecule has 0 saturated carbocycles. The van der Waals surface area contributed by atoms with Gasteiger partial charge in [0.25, 0.3) is 0 Å². The number of anilines is 1. The predicted octanol–water partition coefficient (Wildman–Crippen LogP) is 1.43. The van der Waals surface area contributed by atoms with Gasteiger partial charge in [-0.1, -0.05) is 6.07 Å². The van der Waals surface area contributed by atoms with Crippen LogP contribution in [0.25, 0.3) is 0 Å². The van der Waals surface area contributed by atoms with Crippen molar-refractivity contribution in [3.8, 4) is 0 Å². The third-order valence-electron chi connectivity index (χ3n) is 2.50. The molecule has 0 unspecified atom stereocenters. The van der Waals surface area contributed by atoms with Gasteiger partial charge in [0.15, 0.2) is 0 Å². The van der Waals surface area contributed by atoms with Crippen molar-refractivity contribution in [2.45, 2.75) is 6.18 Å². The maximum absolute atomic E-state index is 12.2. The summed E-state index contributed by atoms with van der Waals surface area (Å²) >= 11 is 0. The number of halogens is 3. The maximum atomic E-state index is 12.2. The molecule has 0 fully saturated rings. The molecule has 2 amide bonds. The van der Waals surface area contributed by atoms with Crippen LogP contribution in [0.15, 0.2) is 24.3 Å². The third kappa shape index (κ3) is 5.08. The van der Waals surface area contributed by atoms with E-state index < -0.39 is 30.5 Å². The zero-order valence-corrected chi connectivity index (χ0v) is 11.7. The van der Waals surface area contributed by atoms with E-state index in [1.54, 1.807) is 0 Å². The van der Waals surface area contributed by atoms with Crippen LogP contribution in [-0.2, 0) is 14.3 Å². The number of esters is 1. The molecule has 1 N–H and O–H groups in total. The van der Waals surface area contributed by atoms with Gasteiger partial charge in [-0.2, -0.15) is 13.2 Å². The zero-order valence-electron chi connectivity index (χ0n) is 11.7. The highest BCUT2D eigenvalue weighted by atomic mass is 19.4. The molecular formula is C13H13F3N2O4. The molecule has 0 heterocycles. The fourth-order valence-electron chi connectivity index (χ4n) is 1.54. The lowest BCUT2D eigenvalue weighted by atomic mass is 10.2. The Morgan fingerprint density at radius 3 is 2.45 bits per heavy atom. The number of hydrogen-bond acceptors (Lipinski definition) is 4. The summed E-state index contributed by atoms with van der Waals surface area (Å²) in [5.41, 5.74) is 0.207. The monoisotopic (exact) mass is 318 g/mol. The number of likely N-dealkylation sites (N-methyl/N-ethyl adjacent to an activating group) is 1. The predicted molar refractivity (Wildman–Crippen MR) is 70.1 cm³/mol. The molecular weight excluding hydrogens is 305 g/mol. The van der Waals surface area contributed by atoms with Gasteiger partial charge in [-0.25, -0.2) is 4.79 Å². The molecule has 0 aliphatic carbocycles. The van der Waals surface area contributed by atoms with E-state index in [2.05, 4.69) is 10.1 Å². The van der Waals surface area contributed by atoms with E-state index in [0.29, 0.717) is 0 Å². The number of carbonyl (C=O) groups is 3. The Hall–Kier alpha value is -2.58. The van der Waals surface area contributed by atoms with E-state index >= 15 is 0 Å². The standard InChI is InChI=1S/C13H13F3N2O4/c1-18(7-13(14,15)16)11(20)10(19)17-9-5-3-4-8(6-9)12(21)22-2/h3-6H,7H2,1-2H3,(H,17,19). The van der Waals surface area contributed by atoms with Crippen LogP contribution in [0.1, 0.15) is 10.4 Å². The number of nitrogens with zero attached hydrogens (tertiary/aromatic N) is 1. The lowest BCUT2D eigenvalue weighted by Gasteiger charge is -2.18. The van der Waals surface area contributed by atoms with E-state index in [1.807, 2.05) is 0 Å². The second kappa shape index (κ2) is 6.92. The van der Waals surface area contributed by atoms with E-state index in [9.17, 15) is 27.6 Å². The fourth-order valence-corrected chi connectivity index (χ4v) is 1.54. The summed E-state index contributed by atoms with van der Waals surface area (Å²) in [6, 6.07) is 5.45. The van der Waals surface area contributed by atoms with Crippen LogP contribution >= 0.6 is 0 Å². The molecule has 22 heavy (non-hydrogen) atoms. The van der Waals surface area contributed by atoms with Crippen molar-refractivity contribution >= 4 is 23.5 Å². The van der Waals surface area contributed by atoms with E-state index in [-0.39, 0.29) is 16.2 Å². The minimum atomic E-state index is -4.60. The molecule has 0 aromatic heterocycles. The van der Waals surface area contributed by atoms with Gasteiger partial charge >= 0.3 is 24.0 Å². The summed E-state index contributed by atoms with van der Waals surface area (Å²) in [5, 5.41) is 2.12. The Kier molecular flexibility index (Phi) is 5.50. The number of ether oxygens (including phenoxy) is 1. The Bertz CT molecular complexity index is 587. The number of methoxy groups -OCH3 is 1. The highest BCUT2D eigenvalue weighted by Gasteiger charge is 2.33. The minimum Gasteiger partial charge on any atom is -0.465 e. The molecule has 1 rings (SSSR count). The van der Waals surface area contributed by atoms with Crippen molar-refractivity contribution < 1.29 is 32.3 Å². The molecule has 0 aliphatic heterocycles. The van der Waals surface area contributed by atoms with Gasteiger partial charge < -0.3 is 15.0 Å². The molecule has 0 radical (unpaired) electrons. The topological polar surface area (TPSA) is 75.7 Å². The van der Waals surface area contributed by atoms with E-state index in [4.69, 9.17) is 0 Å². The first-order valence-corrected chi connectivity index (χ1v) is 5.95. The largest absolute Gasteiger partial charge is 0.465 e. The average molecular weight is 318 g/mol. The minimum absolute atomic E-state index is 0.0849. The number of hydrogen-bond donors (Lipinski definition) is 1. The number of amides is 2. The molecule has 9 heteroatoms. The first-order chi connectivity index (χ1) is 10.1. The highest BCUT2D eigenvalue weighted by molar-refractivity contribution is 6.39. The first kappa shape index (κ1) is 17.5. The normalized spacial score (nSPS) is 10.8. The van der Waals surface area contributed by atoms with E-state index in [1.165, 1.54) is 31.4 Å². The summed E-state index contributed by atoms with van der Waals surface area (Å²) in [6.45, 7) is -1.54. The molecule has 0 spiro atoms. The van der Waals surface area contributed by atoms with Crippen LogP contribution in [0.5, 0.6) is 0 Å². The van der Waals surface area contributed by atoms with Crippen LogP contribution in [0.4, 0.5) is 18.9 Å². The summed E-state index contributed by atoms with van der Waals surface area (Å²) in [4.78, 5) is 34.7. The molecule has 1 aromatic rings. The van der Waals surface area contributed by atoms with Gasteiger partial charge in [-0.3, -0.25) is 9.59 Å². The third-order valence-corrected chi connectivity index (χ3v) is 2.50. The molecule has 1 aromatic carbocycles. The smallest absolute Gasteiger partial charge is 0.406 e. The number of rotatable bonds is 3. The average Bonchev–Trinajstić information content (AvgIpc) is 2.43. The van der Waals surface area contributed by atoms with Crippen molar-refractivity contribution in [1.29, 1.82) is 0 Å². The van der Waals surface area contributed by atoms with Gasteiger partial charge in [0.1, 0.15) is 6.54 Å². The number of alkyl halides is 3. The van der Waals surface area contributed by atoms with Gasteiger partial charge in [0.05, 0.1) is 12.7 Å². The summed E-state index contributed by atoms with van der Waals surface area (Å²) in [5.74, 6) is -3.24. The Balaban J connectivity index is 2.76. The molecule has 0 aliphatic rings. The van der Waals surface area contributed by atoms with Crippen molar-refractivity contribution in [3.63, 3.8) is 0 Å². The van der Waals surface area contributed by atoms with Crippen molar-refractivity contribution in [3.05, 3.63) is 29.8 Å². The highest BCUT2D eigenvalue weighted by Crippen LogP contribution is 2.16. The molecule has 0 atom stereocenters. The zero-order chi connectivity index (χ0) is 16.9. The van der Waals surface area contributed by atoms with Gasteiger partial charge in [-0.05, 0) is 18.2 Å². The molecule has 120 valence electrons. The first-order valence-electron chi connectivity index (χ1n) is 5.95. The maximum Gasteiger partial charge on any atom is 0.406 e. The lowest BCUT2D eigenvalue weighted by molar-refractivity contribution is -0.161. The lowest BCUT2D eigenvalue weighted by Crippen LogP contribution is -2.42. The van der Waals surface area contributed by atoms with Gasteiger partial charge in [0.2, 0.25) is 0 Å².